The van der Waals surface area contributed by atoms with Gasteiger partial charge in [-0.05, 0) is 69.1 Å². The summed E-state index contributed by atoms with van der Waals surface area (Å²) in [4.78, 5) is 2.34. The molecule has 1 aliphatic heterocycles. The number of hydrogen-bond donors (Lipinski definition) is 1. The Bertz CT molecular complexity index is 433. The summed E-state index contributed by atoms with van der Waals surface area (Å²) in [6.45, 7) is 5.99. The summed E-state index contributed by atoms with van der Waals surface area (Å²) in [5.41, 5.74) is 1.03. The molecule has 1 N–H and O–H groups in total. The third kappa shape index (κ3) is 3.85. The highest BCUT2D eigenvalue weighted by molar-refractivity contribution is 7.80. The molecule has 2 rings (SSSR count). The van der Waals surface area contributed by atoms with Crippen LogP contribution in [0.1, 0.15) is 39.5 Å². The molecule has 1 atom stereocenters. The summed E-state index contributed by atoms with van der Waals surface area (Å²) in [5, 5.41) is 4.19. The van der Waals surface area contributed by atoms with E-state index in [0.717, 1.165) is 29.5 Å². The first-order valence-electron chi connectivity index (χ1n) is 7.55. The molecular weight excluding hydrogens is 268 g/mol. The topological polar surface area (TPSA) is 24.5 Å². The van der Waals surface area contributed by atoms with Gasteiger partial charge in [-0.3, -0.25) is 0 Å². The Hall–Kier alpha value is -1.29. The smallest absolute Gasteiger partial charge is 0.173 e. The van der Waals surface area contributed by atoms with E-state index in [4.69, 9.17) is 17.0 Å². The van der Waals surface area contributed by atoms with Crippen LogP contribution >= 0.6 is 12.2 Å². The second-order valence-electron chi connectivity index (χ2n) is 5.14. The van der Waals surface area contributed by atoms with Gasteiger partial charge < -0.3 is 15.0 Å². The van der Waals surface area contributed by atoms with E-state index < -0.39 is 0 Å². The molecule has 0 aliphatic carbocycles. The van der Waals surface area contributed by atoms with Crippen molar-refractivity contribution in [1.29, 1.82) is 0 Å². The van der Waals surface area contributed by atoms with Crippen LogP contribution in [-0.4, -0.2) is 29.2 Å². The van der Waals surface area contributed by atoms with Crippen molar-refractivity contribution in [1.82, 2.24) is 4.90 Å². The van der Waals surface area contributed by atoms with Gasteiger partial charge in [-0.2, -0.15) is 0 Å². The van der Waals surface area contributed by atoms with Crippen molar-refractivity contribution in [3.05, 3.63) is 24.3 Å². The summed E-state index contributed by atoms with van der Waals surface area (Å²) in [5.74, 6) is 0.897. The van der Waals surface area contributed by atoms with Gasteiger partial charge in [-0.25, -0.2) is 0 Å². The molecule has 110 valence electrons. The van der Waals surface area contributed by atoms with Crippen molar-refractivity contribution < 1.29 is 4.74 Å². The van der Waals surface area contributed by atoms with Crippen molar-refractivity contribution in [2.75, 3.05) is 18.5 Å². The monoisotopic (exact) mass is 292 g/mol. The summed E-state index contributed by atoms with van der Waals surface area (Å²) in [6, 6.07) is 8.57. The molecule has 1 heterocycles. The lowest BCUT2D eigenvalue weighted by Crippen LogP contribution is -2.45. The van der Waals surface area contributed by atoms with Gasteiger partial charge in [0.05, 0.1) is 6.61 Å². The molecule has 0 unspecified atom stereocenters. The molecule has 1 aromatic carbocycles. The molecule has 20 heavy (non-hydrogen) atoms. The Morgan fingerprint density at radius 3 is 2.70 bits per heavy atom. The zero-order valence-corrected chi connectivity index (χ0v) is 13.2. The molecule has 0 radical (unpaired) electrons. The highest BCUT2D eigenvalue weighted by Crippen LogP contribution is 2.21. The predicted molar refractivity (Wildman–Crippen MR) is 88.5 cm³/mol. The van der Waals surface area contributed by atoms with Crippen molar-refractivity contribution in [2.45, 2.75) is 45.6 Å². The zero-order valence-electron chi connectivity index (χ0n) is 12.4. The Labute approximate surface area is 127 Å². The number of nitrogens with one attached hydrogen (secondary N) is 1. The Kier molecular flexibility index (Phi) is 5.65. The van der Waals surface area contributed by atoms with Gasteiger partial charge in [-0.1, -0.05) is 6.92 Å². The number of benzene rings is 1. The number of hydrogen-bond acceptors (Lipinski definition) is 2. The van der Waals surface area contributed by atoms with Crippen LogP contribution in [0.4, 0.5) is 5.69 Å². The summed E-state index contributed by atoms with van der Waals surface area (Å²) >= 11 is 5.57. The average molecular weight is 292 g/mol. The third-order valence-electron chi connectivity index (χ3n) is 3.78. The van der Waals surface area contributed by atoms with Gasteiger partial charge in [0.2, 0.25) is 0 Å². The molecule has 0 spiro atoms. The zero-order chi connectivity index (χ0) is 14.4. The summed E-state index contributed by atoms with van der Waals surface area (Å²) in [6.07, 6.45) is 4.97. The second-order valence-corrected chi connectivity index (χ2v) is 5.53. The highest BCUT2D eigenvalue weighted by Gasteiger charge is 2.22. The maximum atomic E-state index is 5.57. The summed E-state index contributed by atoms with van der Waals surface area (Å²) in [7, 11) is 0. The first-order chi connectivity index (χ1) is 9.74. The molecule has 1 fully saturated rings. The Morgan fingerprint density at radius 1 is 1.30 bits per heavy atom. The van der Waals surface area contributed by atoms with E-state index >= 15 is 0 Å². The van der Waals surface area contributed by atoms with Crippen LogP contribution in [-0.2, 0) is 0 Å². The van der Waals surface area contributed by atoms with Crippen molar-refractivity contribution in [2.24, 2.45) is 0 Å². The average Bonchev–Trinajstić information content (AvgIpc) is 2.49. The van der Waals surface area contributed by atoms with Crippen molar-refractivity contribution in [3.8, 4) is 5.75 Å². The quantitative estimate of drug-likeness (QED) is 0.846. The first-order valence-corrected chi connectivity index (χ1v) is 7.96. The number of ether oxygens (including phenoxy) is 1. The first kappa shape index (κ1) is 15.1. The predicted octanol–water partition coefficient (Wildman–Crippen LogP) is 4.05. The van der Waals surface area contributed by atoms with Crippen LogP contribution in [0.2, 0.25) is 0 Å². The molecule has 1 aromatic rings. The van der Waals surface area contributed by atoms with Crippen LogP contribution < -0.4 is 10.1 Å². The van der Waals surface area contributed by atoms with E-state index in [1.807, 2.05) is 31.2 Å². The second kappa shape index (κ2) is 7.48. The fourth-order valence-corrected chi connectivity index (χ4v) is 3.05. The van der Waals surface area contributed by atoms with Gasteiger partial charge in [0, 0.05) is 18.3 Å². The van der Waals surface area contributed by atoms with Crippen molar-refractivity contribution in [3.63, 3.8) is 0 Å². The van der Waals surface area contributed by atoms with E-state index in [2.05, 4.69) is 17.1 Å². The maximum absolute atomic E-state index is 5.57. The molecule has 0 saturated carbocycles. The van der Waals surface area contributed by atoms with Crippen LogP contribution in [0.15, 0.2) is 24.3 Å². The van der Waals surface area contributed by atoms with Gasteiger partial charge in [0.25, 0.3) is 0 Å². The SMILES string of the molecule is CCOc1ccc(NC(=S)N2CCCC[C@H]2CC)cc1. The molecule has 0 aromatic heterocycles. The Balaban J connectivity index is 1.96. The minimum atomic E-state index is 0.589. The minimum absolute atomic E-state index is 0.589. The lowest BCUT2D eigenvalue weighted by atomic mass is 10.0. The van der Waals surface area contributed by atoms with E-state index in [9.17, 15) is 0 Å². The van der Waals surface area contributed by atoms with Gasteiger partial charge in [-0.15, -0.1) is 0 Å². The van der Waals surface area contributed by atoms with E-state index in [0.29, 0.717) is 12.6 Å². The number of nitrogens with zero attached hydrogens (tertiary/aromatic N) is 1. The normalized spacial score (nSPS) is 18.7. The molecular formula is C16H24N2OS. The van der Waals surface area contributed by atoms with Gasteiger partial charge in [0.15, 0.2) is 5.11 Å². The number of anilines is 1. The van der Waals surface area contributed by atoms with Gasteiger partial charge in [0.1, 0.15) is 5.75 Å². The van der Waals surface area contributed by atoms with E-state index in [-0.39, 0.29) is 0 Å². The van der Waals surface area contributed by atoms with E-state index in [1.165, 1.54) is 19.3 Å². The van der Waals surface area contributed by atoms with Crippen molar-refractivity contribution >= 4 is 23.0 Å². The number of likely N-dealkylation sites (tertiary alicyclic amines) is 1. The number of piperidine rings is 1. The lowest BCUT2D eigenvalue weighted by Gasteiger charge is -2.37. The number of rotatable bonds is 4. The van der Waals surface area contributed by atoms with Crippen LogP contribution in [0.25, 0.3) is 0 Å². The molecule has 1 saturated heterocycles. The van der Waals surface area contributed by atoms with Crippen LogP contribution in [0.5, 0.6) is 5.75 Å². The number of thiocarbonyl (C=S) groups is 1. The van der Waals surface area contributed by atoms with Gasteiger partial charge >= 0.3 is 0 Å². The fraction of sp³-hybridized carbons (Fsp3) is 0.562. The third-order valence-corrected chi connectivity index (χ3v) is 4.11. The lowest BCUT2D eigenvalue weighted by molar-refractivity contribution is 0.239. The molecule has 0 amide bonds. The molecule has 4 heteroatoms. The largest absolute Gasteiger partial charge is 0.494 e. The minimum Gasteiger partial charge on any atom is -0.494 e. The Morgan fingerprint density at radius 2 is 2.05 bits per heavy atom. The summed E-state index contributed by atoms with van der Waals surface area (Å²) < 4.78 is 5.45. The maximum Gasteiger partial charge on any atom is 0.173 e. The van der Waals surface area contributed by atoms with Crippen LogP contribution in [0, 0.1) is 0 Å². The highest BCUT2D eigenvalue weighted by atomic mass is 32.1. The molecule has 3 nitrogen and oxygen atoms in total. The standard InChI is InChI=1S/C16H24N2OS/c1-3-14-7-5-6-12-18(14)16(20)17-13-8-10-15(11-9-13)19-4-2/h8-11,14H,3-7,12H2,1-2H3,(H,17,20)/t14-/m1/s1. The molecule has 0 bridgehead atoms. The fourth-order valence-electron chi connectivity index (χ4n) is 2.69. The molecule has 1 aliphatic rings. The van der Waals surface area contributed by atoms with E-state index in [1.54, 1.807) is 0 Å². The van der Waals surface area contributed by atoms with Crippen LogP contribution in [0.3, 0.4) is 0 Å².